The molecule has 1 heterocycles. The third-order valence-corrected chi connectivity index (χ3v) is 3.81. The van der Waals surface area contributed by atoms with E-state index in [0.29, 0.717) is 23.8 Å². The van der Waals surface area contributed by atoms with Gasteiger partial charge in [0.15, 0.2) is 0 Å². The van der Waals surface area contributed by atoms with E-state index in [1.807, 2.05) is 13.8 Å². The highest BCUT2D eigenvalue weighted by Crippen LogP contribution is 2.20. The molecule has 0 aliphatic heterocycles. The van der Waals surface area contributed by atoms with E-state index in [9.17, 15) is 4.39 Å². The molecule has 0 atom stereocenters. The van der Waals surface area contributed by atoms with Crippen molar-refractivity contribution >= 4 is 11.6 Å². The Bertz CT molecular complexity index is 620. The molecule has 112 valence electrons. The van der Waals surface area contributed by atoms with E-state index in [1.54, 1.807) is 6.07 Å². The van der Waals surface area contributed by atoms with Crippen molar-refractivity contribution in [2.45, 2.75) is 33.1 Å². The van der Waals surface area contributed by atoms with Crippen LogP contribution in [0.2, 0.25) is 5.02 Å². The van der Waals surface area contributed by atoms with Crippen LogP contribution < -0.4 is 5.73 Å². The first kappa shape index (κ1) is 15.9. The summed E-state index contributed by atoms with van der Waals surface area (Å²) in [5, 5.41) is 0.404. The molecule has 0 spiro atoms. The first-order valence-corrected chi connectivity index (χ1v) is 7.36. The first-order chi connectivity index (χ1) is 10.0. The van der Waals surface area contributed by atoms with Crippen molar-refractivity contribution in [1.82, 2.24) is 9.97 Å². The standard InChI is InChI=1S/C16H19ClFN3/c1-10-14(4-3-7-19)11(2)21-16(20-10)8-12-5-6-13(18)9-15(12)17/h5-6,9H,3-4,7-8,19H2,1-2H3. The Kier molecular flexibility index (Phi) is 5.26. The van der Waals surface area contributed by atoms with Crippen molar-refractivity contribution in [3.8, 4) is 0 Å². The normalized spacial score (nSPS) is 10.9. The van der Waals surface area contributed by atoms with Crippen LogP contribution in [0.1, 0.15) is 34.8 Å². The number of rotatable bonds is 5. The second kappa shape index (κ2) is 6.96. The van der Waals surface area contributed by atoms with Gasteiger partial charge in [-0.2, -0.15) is 0 Å². The zero-order valence-corrected chi connectivity index (χ0v) is 13.0. The molecule has 1 aromatic heterocycles. The monoisotopic (exact) mass is 307 g/mol. The smallest absolute Gasteiger partial charge is 0.133 e. The zero-order valence-electron chi connectivity index (χ0n) is 12.3. The minimum atomic E-state index is -0.339. The Morgan fingerprint density at radius 2 is 1.86 bits per heavy atom. The van der Waals surface area contributed by atoms with Gasteiger partial charge in [0.2, 0.25) is 0 Å². The Labute approximate surface area is 129 Å². The highest BCUT2D eigenvalue weighted by molar-refractivity contribution is 6.31. The molecule has 2 aromatic rings. The van der Waals surface area contributed by atoms with E-state index in [-0.39, 0.29) is 5.82 Å². The van der Waals surface area contributed by atoms with Gasteiger partial charge in [-0.25, -0.2) is 14.4 Å². The zero-order chi connectivity index (χ0) is 15.4. The minimum absolute atomic E-state index is 0.339. The largest absolute Gasteiger partial charge is 0.330 e. The van der Waals surface area contributed by atoms with E-state index < -0.39 is 0 Å². The Morgan fingerprint density at radius 3 is 2.43 bits per heavy atom. The summed E-state index contributed by atoms with van der Waals surface area (Å²) in [5.74, 6) is 0.365. The van der Waals surface area contributed by atoms with Gasteiger partial charge < -0.3 is 5.73 Å². The van der Waals surface area contributed by atoms with E-state index in [4.69, 9.17) is 17.3 Å². The molecule has 0 saturated heterocycles. The minimum Gasteiger partial charge on any atom is -0.330 e. The summed E-state index contributed by atoms with van der Waals surface area (Å²) >= 11 is 6.05. The van der Waals surface area contributed by atoms with Gasteiger partial charge in [0.05, 0.1) is 0 Å². The maximum absolute atomic E-state index is 13.1. The molecule has 2 N–H and O–H groups in total. The van der Waals surface area contributed by atoms with Crippen LogP contribution in [0.25, 0.3) is 0 Å². The van der Waals surface area contributed by atoms with E-state index >= 15 is 0 Å². The number of benzene rings is 1. The number of aryl methyl sites for hydroxylation is 2. The molecule has 1 aromatic carbocycles. The molecule has 5 heteroatoms. The number of hydrogen-bond donors (Lipinski definition) is 1. The van der Waals surface area contributed by atoms with Crippen molar-refractivity contribution in [1.29, 1.82) is 0 Å². The number of nitrogens with zero attached hydrogens (tertiary/aromatic N) is 2. The molecule has 3 nitrogen and oxygen atoms in total. The van der Waals surface area contributed by atoms with Crippen LogP contribution in [0.4, 0.5) is 4.39 Å². The fourth-order valence-electron chi connectivity index (χ4n) is 2.36. The highest BCUT2D eigenvalue weighted by atomic mass is 35.5. The number of aromatic nitrogens is 2. The first-order valence-electron chi connectivity index (χ1n) is 6.98. The summed E-state index contributed by atoms with van der Waals surface area (Å²) in [6.45, 7) is 4.62. The highest BCUT2D eigenvalue weighted by Gasteiger charge is 2.10. The summed E-state index contributed by atoms with van der Waals surface area (Å²) in [7, 11) is 0. The Balaban J connectivity index is 2.25. The van der Waals surface area contributed by atoms with Crippen molar-refractivity contribution in [2.24, 2.45) is 5.73 Å². The van der Waals surface area contributed by atoms with Crippen molar-refractivity contribution in [3.05, 3.63) is 57.4 Å². The predicted octanol–water partition coefficient (Wildman–Crippen LogP) is 3.37. The maximum Gasteiger partial charge on any atom is 0.133 e. The SMILES string of the molecule is Cc1nc(Cc2ccc(F)cc2Cl)nc(C)c1CCCN. The molecule has 0 aliphatic rings. The molecule has 0 aliphatic carbocycles. The summed E-state index contributed by atoms with van der Waals surface area (Å²) in [6.07, 6.45) is 2.32. The van der Waals surface area contributed by atoms with E-state index in [2.05, 4.69) is 9.97 Å². The number of nitrogens with two attached hydrogens (primary N) is 1. The summed E-state index contributed by atoms with van der Waals surface area (Å²) in [4.78, 5) is 9.08. The van der Waals surface area contributed by atoms with Gasteiger partial charge in [-0.05, 0) is 56.5 Å². The summed E-state index contributed by atoms with van der Waals surface area (Å²) in [6, 6.07) is 4.39. The molecular weight excluding hydrogens is 289 g/mol. The third-order valence-electron chi connectivity index (χ3n) is 3.46. The van der Waals surface area contributed by atoms with E-state index in [1.165, 1.54) is 12.1 Å². The molecule has 0 radical (unpaired) electrons. The van der Waals surface area contributed by atoms with Crippen LogP contribution in [0, 0.1) is 19.7 Å². The molecule has 2 rings (SSSR count). The molecule has 0 fully saturated rings. The van der Waals surface area contributed by atoms with Crippen LogP contribution in [-0.2, 0) is 12.8 Å². The molecule has 0 bridgehead atoms. The van der Waals surface area contributed by atoms with Gasteiger partial charge in [-0.1, -0.05) is 17.7 Å². The number of hydrogen-bond acceptors (Lipinski definition) is 3. The van der Waals surface area contributed by atoms with Crippen LogP contribution in [0.15, 0.2) is 18.2 Å². The third kappa shape index (κ3) is 3.99. The van der Waals surface area contributed by atoms with Crippen molar-refractivity contribution in [2.75, 3.05) is 6.54 Å². The van der Waals surface area contributed by atoms with Crippen LogP contribution in [-0.4, -0.2) is 16.5 Å². The van der Waals surface area contributed by atoms with Crippen LogP contribution in [0.3, 0.4) is 0 Å². The van der Waals surface area contributed by atoms with Gasteiger partial charge in [0, 0.05) is 22.8 Å². The lowest BCUT2D eigenvalue weighted by Gasteiger charge is -2.11. The summed E-state index contributed by atoms with van der Waals surface area (Å²) < 4.78 is 13.1. The van der Waals surface area contributed by atoms with Crippen LogP contribution in [0.5, 0.6) is 0 Å². The quantitative estimate of drug-likeness (QED) is 0.921. The van der Waals surface area contributed by atoms with Gasteiger partial charge in [-0.3, -0.25) is 0 Å². The van der Waals surface area contributed by atoms with Crippen molar-refractivity contribution < 1.29 is 4.39 Å². The molecule has 21 heavy (non-hydrogen) atoms. The lowest BCUT2D eigenvalue weighted by Crippen LogP contribution is -2.08. The predicted molar refractivity (Wildman–Crippen MR) is 83.1 cm³/mol. The molecular formula is C16H19ClFN3. The average molecular weight is 308 g/mol. The Hall–Kier alpha value is -1.52. The lowest BCUT2D eigenvalue weighted by atomic mass is 10.1. The molecule has 0 saturated carbocycles. The maximum atomic E-state index is 13.1. The van der Waals surface area contributed by atoms with Gasteiger partial charge in [0.1, 0.15) is 11.6 Å². The van der Waals surface area contributed by atoms with Crippen molar-refractivity contribution in [3.63, 3.8) is 0 Å². The number of halogens is 2. The van der Waals surface area contributed by atoms with E-state index in [0.717, 1.165) is 35.4 Å². The molecule has 0 amide bonds. The lowest BCUT2D eigenvalue weighted by molar-refractivity contribution is 0.627. The fourth-order valence-corrected chi connectivity index (χ4v) is 2.60. The summed E-state index contributed by atoms with van der Waals surface area (Å²) in [5.41, 5.74) is 9.49. The average Bonchev–Trinajstić information content (AvgIpc) is 2.41. The van der Waals surface area contributed by atoms with Crippen LogP contribution >= 0.6 is 11.6 Å². The van der Waals surface area contributed by atoms with Gasteiger partial charge >= 0.3 is 0 Å². The second-order valence-electron chi connectivity index (χ2n) is 5.09. The van der Waals surface area contributed by atoms with Gasteiger partial charge in [0.25, 0.3) is 0 Å². The second-order valence-corrected chi connectivity index (χ2v) is 5.50. The topological polar surface area (TPSA) is 51.8 Å². The van der Waals surface area contributed by atoms with Gasteiger partial charge in [-0.15, -0.1) is 0 Å². The molecule has 0 unspecified atom stereocenters. The fraction of sp³-hybridized carbons (Fsp3) is 0.375. The Morgan fingerprint density at radius 1 is 1.19 bits per heavy atom.